The van der Waals surface area contributed by atoms with Crippen molar-refractivity contribution in [2.75, 3.05) is 13.2 Å². The number of aliphatic hydroxyl groups excluding tert-OH is 1. The van der Waals surface area contributed by atoms with Gasteiger partial charge in [-0.25, -0.2) is 8.78 Å². The lowest BCUT2D eigenvalue weighted by Crippen LogP contribution is -2.28. The highest BCUT2D eigenvalue weighted by Crippen LogP contribution is 2.11. The second-order valence-corrected chi connectivity index (χ2v) is 2.58. The zero-order valence-electron chi connectivity index (χ0n) is 7.26. The highest BCUT2D eigenvalue weighted by Gasteiger charge is 2.15. The molecule has 0 radical (unpaired) electrons. The van der Waals surface area contributed by atoms with E-state index in [1.54, 1.807) is 0 Å². The smallest absolute Gasteiger partial charge is 0.257 e. The maximum absolute atomic E-state index is 13.0. The Hall–Kier alpha value is -1.49. The second-order valence-electron chi connectivity index (χ2n) is 2.58. The van der Waals surface area contributed by atoms with Crippen LogP contribution >= 0.6 is 0 Å². The van der Waals surface area contributed by atoms with Crippen LogP contribution in [0.15, 0.2) is 18.2 Å². The van der Waals surface area contributed by atoms with E-state index in [0.29, 0.717) is 0 Å². The fourth-order valence-corrected chi connectivity index (χ4v) is 0.973. The summed E-state index contributed by atoms with van der Waals surface area (Å²) < 4.78 is 25.9. The molecule has 5 heteroatoms. The molecular formula is C9H9F2NO2. The van der Waals surface area contributed by atoms with Crippen LogP contribution in [0.5, 0.6) is 0 Å². The van der Waals surface area contributed by atoms with Crippen LogP contribution in [0, 0.1) is 11.6 Å². The molecule has 0 fully saturated rings. The van der Waals surface area contributed by atoms with E-state index in [-0.39, 0.29) is 13.2 Å². The first-order chi connectivity index (χ1) is 6.66. The number of nitrogens with one attached hydrogen (secondary N) is 1. The molecule has 1 rings (SSSR count). The number of carbonyl (C=O) groups is 1. The topological polar surface area (TPSA) is 49.3 Å². The first-order valence-electron chi connectivity index (χ1n) is 4.00. The van der Waals surface area contributed by atoms with E-state index in [1.807, 2.05) is 0 Å². The van der Waals surface area contributed by atoms with Crippen molar-refractivity contribution in [3.63, 3.8) is 0 Å². The molecule has 0 aromatic heterocycles. The molecule has 0 aliphatic heterocycles. The van der Waals surface area contributed by atoms with Gasteiger partial charge in [-0.1, -0.05) is 6.07 Å². The zero-order chi connectivity index (χ0) is 10.6. The number of rotatable bonds is 3. The summed E-state index contributed by atoms with van der Waals surface area (Å²) in [6.45, 7) is -0.311. The van der Waals surface area contributed by atoms with Gasteiger partial charge in [-0.15, -0.1) is 0 Å². The second kappa shape index (κ2) is 4.66. The number of amides is 1. The Morgan fingerprint density at radius 3 is 2.43 bits per heavy atom. The van der Waals surface area contributed by atoms with Crippen molar-refractivity contribution < 1.29 is 18.7 Å². The third kappa shape index (κ3) is 2.26. The molecule has 0 heterocycles. The van der Waals surface area contributed by atoms with Crippen molar-refractivity contribution in [1.82, 2.24) is 5.32 Å². The van der Waals surface area contributed by atoms with Gasteiger partial charge in [-0.05, 0) is 12.1 Å². The molecule has 3 nitrogen and oxygen atoms in total. The highest BCUT2D eigenvalue weighted by atomic mass is 19.1. The Kier molecular flexibility index (Phi) is 3.53. The minimum Gasteiger partial charge on any atom is -0.395 e. The van der Waals surface area contributed by atoms with Crippen molar-refractivity contribution in [2.24, 2.45) is 0 Å². The molecular weight excluding hydrogens is 192 g/mol. The summed E-state index contributed by atoms with van der Waals surface area (Å²) in [4.78, 5) is 11.1. The number of aliphatic hydroxyl groups is 1. The van der Waals surface area contributed by atoms with Crippen LogP contribution in [0.1, 0.15) is 10.4 Å². The van der Waals surface area contributed by atoms with Gasteiger partial charge in [0.1, 0.15) is 17.2 Å². The van der Waals surface area contributed by atoms with Gasteiger partial charge in [0.25, 0.3) is 5.91 Å². The molecule has 1 amide bonds. The summed E-state index contributed by atoms with van der Waals surface area (Å²) >= 11 is 0. The average molecular weight is 201 g/mol. The molecule has 76 valence electrons. The average Bonchev–Trinajstić information content (AvgIpc) is 2.14. The third-order valence-corrected chi connectivity index (χ3v) is 1.59. The number of hydrogen-bond donors (Lipinski definition) is 2. The van der Waals surface area contributed by atoms with Gasteiger partial charge in [-0.2, -0.15) is 0 Å². The number of hydrogen-bond acceptors (Lipinski definition) is 2. The predicted molar refractivity (Wildman–Crippen MR) is 45.8 cm³/mol. The van der Waals surface area contributed by atoms with E-state index in [4.69, 9.17) is 5.11 Å². The van der Waals surface area contributed by atoms with Crippen molar-refractivity contribution in [3.05, 3.63) is 35.4 Å². The molecule has 0 atom stereocenters. The summed E-state index contributed by atoms with van der Waals surface area (Å²) in [6, 6.07) is 3.17. The Morgan fingerprint density at radius 1 is 1.36 bits per heavy atom. The molecule has 0 aliphatic carbocycles. The first-order valence-corrected chi connectivity index (χ1v) is 4.00. The third-order valence-electron chi connectivity index (χ3n) is 1.59. The molecule has 0 saturated heterocycles. The largest absolute Gasteiger partial charge is 0.395 e. The van der Waals surface area contributed by atoms with Crippen molar-refractivity contribution >= 4 is 5.91 Å². The Balaban J connectivity index is 2.89. The predicted octanol–water partition coefficient (Wildman–Crippen LogP) is 0.687. The summed E-state index contributed by atoms with van der Waals surface area (Å²) in [6.07, 6.45) is 0. The number of halogens is 2. The Bertz CT molecular complexity index is 321. The lowest BCUT2D eigenvalue weighted by molar-refractivity contribution is 0.0936. The Labute approximate surface area is 79.4 Å². The summed E-state index contributed by atoms with van der Waals surface area (Å²) in [5.41, 5.74) is -0.624. The molecule has 14 heavy (non-hydrogen) atoms. The van der Waals surface area contributed by atoms with E-state index in [2.05, 4.69) is 5.32 Å². The van der Waals surface area contributed by atoms with Crippen LogP contribution in [0.4, 0.5) is 8.78 Å². The van der Waals surface area contributed by atoms with Crippen LogP contribution in [0.25, 0.3) is 0 Å². The van der Waals surface area contributed by atoms with E-state index in [1.165, 1.54) is 6.07 Å². The van der Waals surface area contributed by atoms with Gasteiger partial charge in [0.15, 0.2) is 0 Å². The number of benzene rings is 1. The molecule has 0 saturated carbocycles. The monoisotopic (exact) mass is 201 g/mol. The normalized spacial score (nSPS) is 9.93. The molecule has 0 bridgehead atoms. The SMILES string of the molecule is O=C(NCCO)c1c(F)cccc1F. The van der Waals surface area contributed by atoms with Gasteiger partial charge in [0.2, 0.25) is 0 Å². The van der Waals surface area contributed by atoms with Crippen LogP contribution in [-0.4, -0.2) is 24.2 Å². The van der Waals surface area contributed by atoms with Crippen molar-refractivity contribution in [3.8, 4) is 0 Å². The maximum atomic E-state index is 13.0. The van der Waals surface area contributed by atoms with Crippen molar-refractivity contribution in [1.29, 1.82) is 0 Å². The van der Waals surface area contributed by atoms with Crippen molar-refractivity contribution in [2.45, 2.75) is 0 Å². The van der Waals surface area contributed by atoms with E-state index in [0.717, 1.165) is 12.1 Å². The first kappa shape index (κ1) is 10.6. The fourth-order valence-electron chi connectivity index (χ4n) is 0.973. The van der Waals surface area contributed by atoms with E-state index >= 15 is 0 Å². The molecule has 0 aliphatic rings. The van der Waals surface area contributed by atoms with Crippen LogP contribution in [-0.2, 0) is 0 Å². The van der Waals surface area contributed by atoms with E-state index < -0.39 is 23.1 Å². The molecule has 0 unspecified atom stereocenters. The van der Waals surface area contributed by atoms with Gasteiger partial charge < -0.3 is 10.4 Å². The summed E-state index contributed by atoms with van der Waals surface area (Å²) in [5.74, 6) is -2.70. The van der Waals surface area contributed by atoms with Crippen LogP contribution < -0.4 is 5.32 Å². The lowest BCUT2D eigenvalue weighted by atomic mass is 10.2. The van der Waals surface area contributed by atoms with Crippen LogP contribution in [0.3, 0.4) is 0 Å². The minimum absolute atomic E-state index is 0.0351. The van der Waals surface area contributed by atoms with Gasteiger partial charge in [0.05, 0.1) is 6.61 Å². The minimum atomic E-state index is -0.916. The van der Waals surface area contributed by atoms with Gasteiger partial charge >= 0.3 is 0 Å². The quantitative estimate of drug-likeness (QED) is 0.755. The number of carbonyl (C=O) groups excluding carboxylic acids is 1. The maximum Gasteiger partial charge on any atom is 0.257 e. The molecule has 1 aromatic carbocycles. The molecule has 1 aromatic rings. The van der Waals surface area contributed by atoms with E-state index in [9.17, 15) is 13.6 Å². The molecule has 2 N–H and O–H groups in total. The fraction of sp³-hybridized carbons (Fsp3) is 0.222. The van der Waals surface area contributed by atoms with Gasteiger partial charge in [-0.3, -0.25) is 4.79 Å². The Morgan fingerprint density at radius 2 is 1.93 bits per heavy atom. The van der Waals surface area contributed by atoms with Gasteiger partial charge in [0, 0.05) is 6.54 Å². The lowest BCUT2D eigenvalue weighted by Gasteiger charge is -2.04. The van der Waals surface area contributed by atoms with Crippen LogP contribution in [0.2, 0.25) is 0 Å². The molecule has 0 spiro atoms. The summed E-state index contributed by atoms with van der Waals surface area (Å²) in [5, 5.41) is 10.6. The zero-order valence-corrected chi connectivity index (χ0v) is 7.26. The summed E-state index contributed by atoms with van der Waals surface area (Å²) in [7, 11) is 0. The standard InChI is InChI=1S/C9H9F2NO2/c10-6-2-1-3-7(11)8(6)9(14)12-4-5-13/h1-3,13H,4-5H2,(H,12,14). The highest BCUT2D eigenvalue weighted by molar-refractivity contribution is 5.94.